The van der Waals surface area contributed by atoms with E-state index in [1.165, 1.54) is 4.90 Å². The normalized spacial score (nSPS) is 12.0. The lowest BCUT2D eigenvalue weighted by Gasteiger charge is -2.32. The Kier molecular flexibility index (Phi) is 10.3. The number of sulfonamides is 1. The third-order valence-corrected chi connectivity index (χ3v) is 8.18. The van der Waals surface area contributed by atoms with Gasteiger partial charge in [-0.25, -0.2) is 12.8 Å². The third-order valence-electron chi connectivity index (χ3n) is 6.02. The summed E-state index contributed by atoms with van der Waals surface area (Å²) in [6, 6.07) is 18.6. The number of halogens is 2. The van der Waals surface area contributed by atoms with Crippen molar-refractivity contribution in [1.29, 1.82) is 0 Å². The van der Waals surface area contributed by atoms with Gasteiger partial charge in [-0.1, -0.05) is 61.3 Å². The monoisotopic (exact) mass is 559 g/mol. The molecular weight excluding hydrogens is 529 g/mol. The van der Waals surface area contributed by atoms with Crippen molar-refractivity contribution in [1.82, 2.24) is 10.2 Å². The predicted molar refractivity (Wildman–Crippen MR) is 147 cm³/mol. The quantitative estimate of drug-likeness (QED) is 0.316. The van der Waals surface area contributed by atoms with E-state index in [0.29, 0.717) is 17.1 Å². The molecule has 1 N–H and O–H groups in total. The van der Waals surface area contributed by atoms with Crippen molar-refractivity contribution >= 4 is 39.1 Å². The maximum Gasteiger partial charge on any atom is 0.264 e. The molecule has 1 atom stereocenters. The number of anilines is 1. The van der Waals surface area contributed by atoms with Crippen LogP contribution in [0.5, 0.6) is 0 Å². The molecule has 0 heterocycles. The van der Waals surface area contributed by atoms with E-state index in [9.17, 15) is 22.4 Å². The second-order valence-corrected chi connectivity index (χ2v) is 11.0. The fourth-order valence-electron chi connectivity index (χ4n) is 3.79. The Balaban J connectivity index is 1.98. The van der Waals surface area contributed by atoms with Gasteiger partial charge in [0, 0.05) is 18.1 Å². The lowest BCUT2D eigenvalue weighted by Crippen LogP contribution is -2.51. The Morgan fingerprint density at radius 3 is 2.24 bits per heavy atom. The SMILES string of the molecule is CCCCNC(=O)C(C)N(Cc1ccccc1Cl)C(=O)CN(c1ccccc1)S(=O)(=O)c1ccc(F)cc1. The van der Waals surface area contributed by atoms with E-state index in [4.69, 9.17) is 11.6 Å². The Labute approximate surface area is 228 Å². The molecule has 3 rings (SSSR count). The van der Waals surface area contributed by atoms with Crippen LogP contribution in [0.4, 0.5) is 10.1 Å². The Morgan fingerprint density at radius 1 is 0.974 bits per heavy atom. The second kappa shape index (κ2) is 13.4. The molecule has 2 amide bonds. The first-order chi connectivity index (χ1) is 18.1. The number of hydrogen-bond acceptors (Lipinski definition) is 4. The van der Waals surface area contributed by atoms with Crippen molar-refractivity contribution in [2.24, 2.45) is 0 Å². The first-order valence-electron chi connectivity index (χ1n) is 12.3. The molecule has 1 unspecified atom stereocenters. The average Bonchev–Trinajstić information content (AvgIpc) is 2.91. The van der Waals surface area contributed by atoms with Crippen molar-refractivity contribution in [3.8, 4) is 0 Å². The Bertz CT molecular complexity index is 1340. The van der Waals surface area contributed by atoms with Crippen LogP contribution in [0.25, 0.3) is 0 Å². The molecule has 38 heavy (non-hydrogen) atoms. The lowest BCUT2D eigenvalue weighted by molar-refractivity contribution is -0.139. The zero-order valence-electron chi connectivity index (χ0n) is 21.3. The number of amides is 2. The topological polar surface area (TPSA) is 86.8 Å². The second-order valence-electron chi connectivity index (χ2n) is 8.73. The first kappa shape index (κ1) is 29.1. The summed E-state index contributed by atoms with van der Waals surface area (Å²) in [6.45, 7) is 3.48. The number of para-hydroxylation sites is 1. The Hall–Kier alpha value is -3.43. The van der Waals surface area contributed by atoms with Gasteiger partial charge in [0.15, 0.2) is 0 Å². The van der Waals surface area contributed by atoms with Crippen LogP contribution in [0.1, 0.15) is 32.3 Å². The van der Waals surface area contributed by atoms with Gasteiger partial charge in [0.25, 0.3) is 10.0 Å². The van der Waals surface area contributed by atoms with Crippen LogP contribution in [-0.2, 0) is 26.2 Å². The first-order valence-corrected chi connectivity index (χ1v) is 14.1. The number of nitrogens with zero attached hydrogens (tertiary/aromatic N) is 2. The van der Waals surface area contributed by atoms with Crippen LogP contribution in [0.15, 0.2) is 83.8 Å². The van der Waals surface area contributed by atoms with Crippen molar-refractivity contribution in [2.75, 3.05) is 17.4 Å². The summed E-state index contributed by atoms with van der Waals surface area (Å²) in [6.07, 6.45) is 1.68. The van der Waals surface area contributed by atoms with Crippen LogP contribution in [-0.4, -0.2) is 44.3 Å². The molecule has 3 aromatic rings. The van der Waals surface area contributed by atoms with Crippen molar-refractivity contribution in [2.45, 2.75) is 44.2 Å². The minimum Gasteiger partial charge on any atom is -0.354 e. The molecule has 3 aromatic carbocycles. The van der Waals surface area contributed by atoms with Gasteiger partial charge < -0.3 is 10.2 Å². The van der Waals surface area contributed by atoms with Gasteiger partial charge in [-0.2, -0.15) is 0 Å². The van der Waals surface area contributed by atoms with Gasteiger partial charge in [0.1, 0.15) is 18.4 Å². The third kappa shape index (κ3) is 7.33. The number of nitrogens with one attached hydrogen (secondary N) is 1. The van der Waals surface area contributed by atoms with Gasteiger partial charge in [-0.3, -0.25) is 13.9 Å². The van der Waals surface area contributed by atoms with Crippen molar-refractivity contribution < 1.29 is 22.4 Å². The summed E-state index contributed by atoms with van der Waals surface area (Å²) in [5.74, 6) is -1.54. The molecule has 0 bridgehead atoms. The summed E-state index contributed by atoms with van der Waals surface area (Å²) in [4.78, 5) is 27.9. The molecule has 202 valence electrons. The summed E-state index contributed by atoms with van der Waals surface area (Å²) < 4.78 is 41.7. The minimum atomic E-state index is -4.25. The molecule has 0 saturated heterocycles. The fourth-order valence-corrected chi connectivity index (χ4v) is 5.40. The molecule has 0 aliphatic carbocycles. The fraction of sp³-hybridized carbons (Fsp3) is 0.286. The summed E-state index contributed by atoms with van der Waals surface area (Å²) in [5.41, 5.74) is 0.867. The molecule has 0 aromatic heterocycles. The number of rotatable bonds is 12. The Morgan fingerprint density at radius 2 is 1.61 bits per heavy atom. The van der Waals surface area contributed by atoms with E-state index in [1.807, 2.05) is 6.92 Å². The highest BCUT2D eigenvalue weighted by atomic mass is 35.5. The highest BCUT2D eigenvalue weighted by Crippen LogP contribution is 2.25. The molecule has 0 radical (unpaired) electrons. The van der Waals surface area contributed by atoms with E-state index in [1.54, 1.807) is 61.5 Å². The predicted octanol–water partition coefficient (Wildman–Crippen LogP) is 5.01. The zero-order valence-corrected chi connectivity index (χ0v) is 22.9. The molecule has 0 aliphatic rings. The molecule has 0 spiro atoms. The van der Waals surface area contributed by atoms with E-state index in [0.717, 1.165) is 41.4 Å². The van der Waals surface area contributed by atoms with Crippen LogP contribution < -0.4 is 9.62 Å². The smallest absolute Gasteiger partial charge is 0.264 e. The van der Waals surface area contributed by atoms with Crippen LogP contribution in [0.3, 0.4) is 0 Å². The van der Waals surface area contributed by atoms with Gasteiger partial charge in [-0.15, -0.1) is 0 Å². The highest BCUT2D eigenvalue weighted by molar-refractivity contribution is 7.92. The largest absolute Gasteiger partial charge is 0.354 e. The van der Waals surface area contributed by atoms with Crippen LogP contribution in [0, 0.1) is 5.82 Å². The standard InChI is InChI=1S/C28H31ClFN3O4S/c1-3-4-18-31-28(35)21(2)32(19-22-10-8-9-13-26(22)29)27(34)20-33(24-11-6-5-7-12-24)38(36,37)25-16-14-23(30)15-17-25/h5-17,21H,3-4,18-20H2,1-2H3,(H,31,35). The summed E-state index contributed by atoms with van der Waals surface area (Å²) in [7, 11) is -4.25. The maximum atomic E-state index is 13.8. The van der Waals surface area contributed by atoms with E-state index in [2.05, 4.69) is 5.32 Å². The van der Waals surface area contributed by atoms with Crippen molar-refractivity contribution in [3.63, 3.8) is 0 Å². The minimum absolute atomic E-state index is 0.0000959. The van der Waals surface area contributed by atoms with Crippen molar-refractivity contribution in [3.05, 3.63) is 95.3 Å². The van der Waals surface area contributed by atoms with E-state index < -0.39 is 34.3 Å². The van der Waals surface area contributed by atoms with Crippen LogP contribution in [0.2, 0.25) is 5.02 Å². The van der Waals surface area contributed by atoms with E-state index in [-0.39, 0.29) is 23.0 Å². The molecule has 7 nitrogen and oxygen atoms in total. The van der Waals surface area contributed by atoms with Gasteiger partial charge in [0.05, 0.1) is 10.6 Å². The molecule has 0 fully saturated rings. The van der Waals surface area contributed by atoms with Gasteiger partial charge in [-0.05, 0) is 61.4 Å². The highest BCUT2D eigenvalue weighted by Gasteiger charge is 2.32. The summed E-state index contributed by atoms with van der Waals surface area (Å²) >= 11 is 6.35. The number of carbonyl (C=O) groups is 2. The average molecular weight is 560 g/mol. The molecule has 0 aliphatic heterocycles. The lowest BCUT2D eigenvalue weighted by atomic mass is 10.1. The van der Waals surface area contributed by atoms with Gasteiger partial charge >= 0.3 is 0 Å². The molecule has 10 heteroatoms. The molecule has 0 saturated carbocycles. The number of carbonyl (C=O) groups excluding carboxylic acids is 2. The van der Waals surface area contributed by atoms with E-state index >= 15 is 0 Å². The molecular formula is C28H31ClFN3O4S. The maximum absolute atomic E-state index is 13.8. The van der Waals surface area contributed by atoms with Crippen LogP contribution >= 0.6 is 11.6 Å². The number of hydrogen-bond donors (Lipinski definition) is 1. The number of unbranched alkanes of at least 4 members (excludes halogenated alkanes) is 1. The number of benzene rings is 3. The van der Waals surface area contributed by atoms with Gasteiger partial charge in [0.2, 0.25) is 11.8 Å². The summed E-state index contributed by atoms with van der Waals surface area (Å²) in [5, 5.41) is 3.25. The zero-order chi connectivity index (χ0) is 27.7.